The van der Waals surface area contributed by atoms with Gasteiger partial charge in [-0.1, -0.05) is 51.1 Å². The van der Waals surface area contributed by atoms with E-state index in [0.29, 0.717) is 11.6 Å². The Hall–Kier alpha value is -1.92. The lowest BCUT2D eigenvalue weighted by molar-refractivity contribution is -0.833. The molecule has 0 spiro atoms. The highest BCUT2D eigenvalue weighted by atomic mass is 16.5. The normalized spacial score (nSPS) is 13.8. The molecule has 1 unspecified atom stereocenters. The van der Waals surface area contributed by atoms with Gasteiger partial charge >= 0.3 is 0 Å². The van der Waals surface area contributed by atoms with Crippen molar-refractivity contribution in [2.24, 2.45) is 5.92 Å². The number of rotatable bonds is 9. The summed E-state index contributed by atoms with van der Waals surface area (Å²) in [6, 6.07) is 14.0. The molecule has 2 aromatic carbocycles. The number of para-hydroxylation sites is 1. The second kappa shape index (κ2) is 9.85. The van der Waals surface area contributed by atoms with Crippen molar-refractivity contribution in [2.45, 2.75) is 33.2 Å². The van der Waals surface area contributed by atoms with Gasteiger partial charge in [0, 0.05) is 24.2 Å². The van der Waals surface area contributed by atoms with Crippen LogP contribution in [0.5, 0.6) is 5.75 Å². The summed E-state index contributed by atoms with van der Waals surface area (Å²) in [6.07, 6.45) is 0.901. The zero-order valence-electron chi connectivity index (χ0n) is 17.4. The minimum atomic E-state index is -0.0389. The molecular weight excluding hydrogens is 338 g/mol. The molecular formula is C22H33N3O2. The predicted molar refractivity (Wildman–Crippen MR) is 112 cm³/mol. The third kappa shape index (κ3) is 5.53. The summed E-state index contributed by atoms with van der Waals surface area (Å²) in [5, 5.41) is 12.8. The Morgan fingerprint density at radius 1 is 1.15 bits per heavy atom. The number of likely N-dealkylation sites (N-methyl/N-ethyl adjacent to an activating group) is 1. The Bertz CT molecular complexity index is 731. The number of aryl methyl sites for hydroxylation is 1. The van der Waals surface area contributed by atoms with Crippen LogP contribution in [0.2, 0.25) is 0 Å². The van der Waals surface area contributed by atoms with E-state index in [9.17, 15) is 5.21 Å². The maximum Gasteiger partial charge on any atom is 0.151 e. The summed E-state index contributed by atoms with van der Waals surface area (Å²) in [6.45, 7) is 7.19. The molecule has 2 atom stereocenters. The number of nitrogens with zero attached hydrogens (tertiary/aromatic N) is 1. The van der Waals surface area contributed by atoms with Crippen molar-refractivity contribution in [3.05, 3.63) is 53.2 Å². The van der Waals surface area contributed by atoms with E-state index >= 15 is 0 Å². The number of hydrogen-bond acceptors (Lipinski definition) is 4. The fraction of sp³-hybridized carbons (Fsp3) is 0.455. The van der Waals surface area contributed by atoms with E-state index in [4.69, 9.17) is 4.74 Å². The van der Waals surface area contributed by atoms with Crippen molar-refractivity contribution >= 4 is 5.69 Å². The number of ether oxygens (including phenoxy) is 1. The average Bonchev–Trinajstić information content (AvgIpc) is 2.66. The lowest BCUT2D eigenvalue weighted by Crippen LogP contribution is -3.11. The molecule has 27 heavy (non-hydrogen) atoms. The summed E-state index contributed by atoms with van der Waals surface area (Å²) in [4.78, 5) is 2.10. The Balaban J connectivity index is 2.30. The fourth-order valence-corrected chi connectivity index (χ4v) is 3.23. The van der Waals surface area contributed by atoms with Crippen LogP contribution in [0.1, 0.15) is 26.3 Å². The fourth-order valence-electron chi connectivity index (χ4n) is 3.23. The van der Waals surface area contributed by atoms with Crippen LogP contribution in [-0.2, 0) is 6.42 Å². The molecule has 2 aromatic rings. The molecule has 2 rings (SSSR count). The first kappa shape index (κ1) is 21.4. The van der Waals surface area contributed by atoms with Crippen molar-refractivity contribution in [3.8, 4) is 16.9 Å². The topological polar surface area (TPSA) is 52.0 Å². The third-order valence-electron chi connectivity index (χ3n) is 4.80. The van der Waals surface area contributed by atoms with Crippen LogP contribution in [0.15, 0.2) is 42.5 Å². The zero-order valence-corrected chi connectivity index (χ0v) is 17.4. The van der Waals surface area contributed by atoms with Gasteiger partial charge in [0.2, 0.25) is 0 Å². The number of hydrogen-bond donors (Lipinski definition) is 2. The molecule has 2 N–H and O–H groups in total. The standard InChI is InChI=1S/C22H33N3O2/c1-7-17-10-9-13-20(22(17)27-6)18-11-8-12-19(14-18)25(26)23-21(16(2)3)15-24(4)5/h8-14,16,21,23,25H,7,15H2,1-6H3/t21-/m1/s1. The SMILES string of the molecule is CCc1cccc(-c2cccc([NH+]([O-])N[C@H](CN(C)C)C(C)C)c2)c1OC. The summed E-state index contributed by atoms with van der Waals surface area (Å²) in [5.74, 6) is 1.24. The van der Waals surface area contributed by atoms with E-state index in [1.54, 1.807) is 7.11 Å². The van der Waals surface area contributed by atoms with Crippen molar-refractivity contribution in [1.82, 2.24) is 10.3 Å². The highest BCUT2D eigenvalue weighted by molar-refractivity contribution is 5.73. The monoisotopic (exact) mass is 371 g/mol. The van der Waals surface area contributed by atoms with Gasteiger partial charge in [-0.2, -0.15) is 5.43 Å². The molecule has 0 saturated heterocycles. The first-order chi connectivity index (χ1) is 12.9. The van der Waals surface area contributed by atoms with Crippen molar-refractivity contribution < 1.29 is 9.91 Å². The van der Waals surface area contributed by atoms with E-state index in [1.165, 1.54) is 0 Å². The van der Waals surface area contributed by atoms with Crippen LogP contribution in [0.25, 0.3) is 11.1 Å². The lowest BCUT2D eigenvalue weighted by atomic mass is 10.00. The van der Waals surface area contributed by atoms with Gasteiger partial charge in [-0.3, -0.25) is 5.17 Å². The maximum absolute atomic E-state index is 12.8. The Morgan fingerprint density at radius 3 is 2.44 bits per heavy atom. The Morgan fingerprint density at radius 2 is 1.85 bits per heavy atom. The average molecular weight is 372 g/mol. The zero-order chi connectivity index (χ0) is 20.0. The number of quaternary nitrogens is 1. The van der Waals surface area contributed by atoms with Crippen LogP contribution in [0.4, 0.5) is 5.69 Å². The largest absolute Gasteiger partial charge is 0.608 e. The molecule has 0 amide bonds. The summed E-state index contributed by atoms with van der Waals surface area (Å²) in [5.41, 5.74) is 7.02. The number of nitrogens with one attached hydrogen (secondary N) is 2. The minimum absolute atomic E-state index is 0.0389. The Kier molecular flexibility index (Phi) is 7.80. The molecule has 0 aliphatic carbocycles. The van der Waals surface area contributed by atoms with E-state index in [0.717, 1.165) is 35.4 Å². The highest BCUT2D eigenvalue weighted by Gasteiger charge is 2.19. The maximum atomic E-state index is 12.8. The molecule has 0 radical (unpaired) electrons. The van der Waals surface area contributed by atoms with Crippen LogP contribution in [0.3, 0.4) is 0 Å². The number of methoxy groups -OCH3 is 1. The minimum Gasteiger partial charge on any atom is -0.608 e. The quantitative estimate of drug-likeness (QED) is 0.665. The molecule has 0 bridgehead atoms. The Labute approximate surface area is 163 Å². The van der Waals surface area contributed by atoms with Gasteiger partial charge in [-0.15, -0.1) is 0 Å². The molecule has 0 fully saturated rings. The van der Waals surface area contributed by atoms with Gasteiger partial charge in [0.05, 0.1) is 13.2 Å². The molecule has 5 nitrogen and oxygen atoms in total. The molecule has 0 saturated carbocycles. The van der Waals surface area contributed by atoms with Gasteiger partial charge in [0.25, 0.3) is 0 Å². The van der Waals surface area contributed by atoms with Gasteiger partial charge in [0.1, 0.15) is 5.75 Å². The van der Waals surface area contributed by atoms with E-state index in [1.807, 2.05) is 50.5 Å². The first-order valence-corrected chi connectivity index (χ1v) is 9.59. The molecule has 0 heterocycles. The van der Waals surface area contributed by atoms with E-state index in [-0.39, 0.29) is 11.2 Å². The van der Waals surface area contributed by atoms with Crippen molar-refractivity contribution in [1.29, 1.82) is 0 Å². The summed E-state index contributed by atoms with van der Waals surface area (Å²) >= 11 is 0. The molecule has 5 heteroatoms. The van der Waals surface area contributed by atoms with Gasteiger partial charge < -0.3 is 14.8 Å². The van der Waals surface area contributed by atoms with Crippen LogP contribution >= 0.6 is 0 Å². The van der Waals surface area contributed by atoms with Crippen LogP contribution in [-0.4, -0.2) is 38.7 Å². The summed E-state index contributed by atoms with van der Waals surface area (Å²) < 4.78 is 5.66. The van der Waals surface area contributed by atoms with E-state index in [2.05, 4.69) is 37.2 Å². The molecule has 0 aromatic heterocycles. The lowest BCUT2D eigenvalue weighted by Gasteiger charge is -2.31. The van der Waals surface area contributed by atoms with Crippen LogP contribution < -0.4 is 15.3 Å². The highest BCUT2D eigenvalue weighted by Crippen LogP contribution is 2.34. The molecule has 148 valence electrons. The smallest absolute Gasteiger partial charge is 0.151 e. The second-order valence-corrected chi connectivity index (χ2v) is 7.52. The predicted octanol–water partition coefficient (Wildman–Crippen LogP) is 3.03. The van der Waals surface area contributed by atoms with Gasteiger partial charge in [-0.25, -0.2) is 0 Å². The van der Waals surface area contributed by atoms with Gasteiger partial charge in [-0.05, 0) is 37.6 Å². The second-order valence-electron chi connectivity index (χ2n) is 7.52. The number of benzene rings is 2. The van der Waals surface area contributed by atoms with Crippen molar-refractivity contribution in [3.63, 3.8) is 0 Å². The van der Waals surface area contributed by atoms with Crippen LogP contribution in [0, 0.1) is 11.1 Å². The molecule has 0 aliphatic rings. The first-order valence-electron chi connectivity index (χ1n) is 9.59. The third-order valence-corrected chi connectivity index (χ3v) is 4.80. The van der Waals surface area contributed by atoms with Crippen molar-refractivity contribution in [2.75, 3.05) is 27.7 Å². The molecule has 0 aliphatic heterocycles. The summed E-state index contributed by atoms with van der Waals surface area (Å²) in [7, 11) is 5.74. The van der Waals surface area contributed by atoms with Gasteiger partial charge in [0.15, 0.2) is 5.69 Å². The van der Waals surface area contributed by atoms with E-state index < -0.39 is 0 Å².